The van der Waals surface area contributed by atoms with Crippen LogP contribution >= 0.6 is 0 Å². The number of unbranched alkanes of at least 4 members (excludes halogenated alkanes) is 13. The van der Waals surface area contributed by atoms with E-state index in [-0.39, 0.29) is 18.9 Å². The first-order valence-corrected chi connectivity index (χ1v) is 24.7. The Morgan fingerprint density at radius 1 is 0.522 bits per heavy atom. The van der Waals surface area contributed by atoms with Gasteiger partial charge >= 0.3 is 0 Å². The van der Waals surface area contributed by atoms with Crippen LogP contribution in [0.2, 0.25) is 0 Å². The van der Waals surface area contributed by atoms with Crippen LogP contribution in [-0.4, -0.2) is 193 Å². The summed E-state index contributed by atoms with van der Waals surface area (Å²) < 4.78 is 34.0. The van der Waals surface area contributed by atoms with E-state index >= 15 is 0 Å². The normalized spacial score (nSPS) is 33.8. The SMILES string of the molecule is CCCCC/C=C/CC/C=C/CC/C=C/C(O)C(COC1OC(CO)C(OC2OC(CO)C(OC3OC(CO)C(O)C(O)C3O)C(O)C2O)C(O)C1O)NC(=O)CCCCCCCCCCC. The molecule has 3 fully saturated rings. The predicted octanol–water partition coefficient (Wildman–Crippen LogP) is 1.03. The number of aliphatic hydroxyl groups is 11. The Hall–Kier alpha value is -1.99. The van der Waals surface area contributed by atoms with Crippen LogP contribution in [0.25, 0.3) is 0 Å². The lowest BCUT2D eigenvalue weighted by Gasteiger charge is -2.48. The van der Waals surface area contributed by atoms with Crippen molar-refractivity contribution in [1.29, 1.82) is 0 Å². The average Bonchev–Trinajstić information content (AvgIpc) is 3.32. The van der Waals surface area contributed by atoms with Crippen molar-refractivity contribution in [3.63, 3.8) is 0 Å². The second-order valence-corrected chi connectivity index (χ2v) is 17.9. The Morgan fingerprint density at radius 3 is 1.49 bits per heavy atom. The van der Waals surface area contributed by atoms with E-state index in [1.807, 2.05) is 6.08 Å². The van der Waals surface area contributed by atoms with Crippen molar-refractivity contribution in [2.75, 3.05) is 26.4 Å². The van der Waals surface area contributed by atoms with Gasteiger partial charge in [0.15, 0.2) is 18.9 Å². The predicted molar refractivity (Wildman–Crippen MR) is 245 cm³/mol. The molecule has 3 heterocycles. The van der Waals surface area contributed by atoms with Gasteiger partial charge in [0, 0.05) is 6.42 Å². The highest BCUT2D eigenvalue weighted by Gasteiger charge is 2.53. The van der Waals surface area contributed by atoms with Crippen LogP contribution in [0.4, 0.5) is 0 Å². The number of carbonyl (C=O) groups is 1. The summed E-state index contributed by atoms with van der Waals surface area (Å²) >= 11 is 0. The van der Waals surface area contributed by atoms with Gasteiger partial charge in [-0.15, -0.1) is 0 Å². The molecule has 0 spiro atoms. The summed E-state index contributed by atoms with van der Waals surface area (Å²) in [5.41, 5.74) is 0. The fraction of sp³-hybridized carbons (Fsp3) is 0.854. The largest absolute Gasteiger partial charge is 0.394 e. The van der Waals surface area contributed by atoms with Crippen LogP contribution in [0.5, 0.6) is 0 Å². The fourth-order valence-corrected chi connectivity index (χ4v) is 8.22. The minimum absolute atomic E-state index is 0.232. The monoisotopic (exact) mass is 964 g/mol. The summed E-state index contributed by atoms with van der Waals surface area (Å²) in [5, 5.41) is 119. The molecule has 67 heavy (non-hydrogen) atoms. The molecule has 3 rings (SSSR count). The summed E-state index contributed by atoms with van der Waals surface area (Å²) in [6, 6.07) is -0.989. The van der Waals surface area contributed by atoms with Crippen molar-refractivity contribution in [3.05, 3.63) is 36.5 Å². The highest BCUT2D eigenvalue weighted by Crippen LogP contribution is 2.33. The number of allylic oxidation sites excluding steroid dienone is 5. The lowest BCUT2D eigenvalue weighted by Crippen LogP contribution is -2.66. The number of ether oxygens (including phenoxy) is 6. The topological polar surface area (TPSA) is 307 Å². The third-order valence-electron chi connectivity index (χ3n) is 12.4. The molecule has 0 radical (unpaired) electrons. The highest BCUT2D eigenvalue weighted by molar-refractivity contribution is 5.76. The fourth-order valence-electron chi connectivity index (χ4n) is 8.22. The second kappa shape index (κ2) is 33.6. The van der Waals surface area contributed by atoms with E-state index in [1.165, 1.54) is 51.4 Å². The number of carbonyl (C=O) groups excluding carboxylic acids is 1. The Balaban J connectivity index is 1.60. The van der Waals surface area contributed by atoms with E-state index < -0.39 is 124 Å². The standard InChI is InChI=1S/C48H85NO18/c1-3-5-7-9-11-13-14-15-16-18-19-21-23-25-32(53)31(49-36(54)26-24-22-20-17-12-10-8-6-4-2)30-62-46-42(60)39(57)44(34(28-51)64-46)67-48-43(61)40(58)45(35(29-52)65-48)66-47-41(59)38(56)37(55)33(27-50)63-47/h11,13,16,18,23,25,31-35,37-48,50-53,55-61H,3-10,12,14-15,17,19-22,24,26-30H2,1-2H3,(H,49,54)/b13-11+,18-16+,25-23+. The zero-order chi connectivity index (χ0) is 49.1. The molecule has 17 unspecified atom stereocenters. The van der Waals surface area contributed by atoms with Crippen LogP contribution < -0.4 is 5.32 Å². The van der Waals surface area contributed by atoms with Crippen LogP contribution in [0.3, 0.4) is 0 Å². The summed E-state index contributed by atoms with van der Waals surface area (Å²) in [7, 11) is 0. The second-order valence-electron chi connectivity index (χ2n) is 17.9. The smallest absolute Gasteiger partial charge is 0.220 e. The van der Waals surface area contributed by atoms with Crippen molar-refractivity contribution in [2.45, 2.75) is 234 Å². The van der Waals surface area contributed by atoms with Gasteiger partial charge < -0.3 is 89.9 Å². The molecule has 3 aliphatic rings. The maximum atomic E-state index is 13.1. The van der Waals surface area contributed by atoms with Gasteiger partial charge in [-0.2, -0.15) is 0 Å². The van der Waals surface area contributed by atoms with Crippen molar-refractivity contribution < 1.29 is 89.4 Å². The molecule has 0 aliphatic carbocycles. The summed E-state index contributed by atoms with van der Waals surface area (Å²) in [6.07, 6.45) is 3.16. The lowest BCUT2D eigenvalue weighted by atomic mass is 9.96. The van der Waals surface area contributed by atoms with Crippen LogP contribution in [0.1, 0.15) is 129 Å². The number of hydrogen-bond donors (Lipinski definition) is 12. The van der Waals surface area contributed by atoms with Gasteiger partial charge in [0.05, 0.1) is 38.6 Å². The minimum atomic E-state index is -1.98. The molecule has 0 aromatic rings. The van der Waals surface area contributed by atoms with E-state index in [2.05, 4.69) is 43.5 Å². The molecule has 19 nitrogen and oxygen atoms in total. The molecule has 0 bridgehead atoms. The molecule has 19 heteroatoms. The first kappa shape index (κ1) is 59.3. The van der Waals surface area contributed by atoms with E-state index in [4.69, 9.17) is 28.4 Å². The molecular formula is C48H85NO18. The molecule has 3 aliphatic heterocycles. The zero-order valence-electron chi connectivity index (χ0n) is 39.6. The van der Waals surface area contributed by atoms with Crippen molar-refractivity contribution in [2.24, 2.45) is 0 Å². The number of nitrogens with one attached hydrogen (secondary N) is 1. The Bertz CT molecular complexity index is 1390. The molecule has 12 N–H and O–H groups in total. The summed E-state index contributed by atoms with van der Waals surface area (Å²) in [4.78, 5) is 13.1. The first-order chi connectivity index (χ1) is 32.3. The van der Waals surface area contributed by atoms with E-state index in [9.17, 15) is 61.0 Å². The quantitative estimate of drug-likeness (QED) is 0.0323. The molecule has 0 aromatic carbocycles. The third-order valence-corrected chi connectivity index (χ3v) is 12.4. The Kier molecular flexibility index (Phi) is 29.7. The summed E-state index contributed by atoms with van der Waals surface area (Å²) in [6.45, 7) is 1.57. The van der Waals surface area contributed by atoms with Gasteiger partial charge in [0.1, 0.15) is 73.2 Å². The maximum absolute atomic E-state index is 13.1. The summed E-state index contributed by atoms with van der Waals surface area (Å²) in [5.74, 6) is -0.298. The number of rotatable bonds is 33. The van der Waals surface area contributed by atoms with Gasteiger partial charge in [-0.1, -0.05) is 115 Å². The van der Waals surface area contributed by atoms with E-state index in [0.29, 0.717) is 12.8 Å². The lowest BCUT2D eigenvalue weighted by molar-refractivity contribution is -0.379. The van der Waals surface area contributed by atoms with Crippen molar-refractivity contribution >= 4 is 5.91 Å². The molecule has 3 saturated heterocycles. The molecule has 0 aromatic heterocycles. The third kappa shape index (κ3) is 20.0. The number of hydrogen-bond acceptors (Lipinski definition) is 18. The molecule has 1 amide bonds. The van der Waals surface area contributed by atoms with Gasteiger partial charge in [-0.3, -0.25) is 4.79 Å². The molecule has 17 atom stereocenters. The van der Waals surface area contributed by atoms with Crippen LogP contribution in [-0.2, 0) is 33.2 Å². The number of aliphatic hydroxyl groups excluding tert-OH is 11. The van der Waals surface area contributed by atoms with Gasteiger partial charge in [0.25, 0.3) is 0 Å². The first-order valence-electron chi connectivity index (χ1n) is 24.7. The molecule has 390 valence electrons. The van der Waals surface area contributed by atoms with Crippen molar-refractivity contribution in [3.8, 4) is 0 Å². The maximum Gasteiger partial charge on any atom is 0.220 e. The van der Waals surface area contributed by atoms with Gasteiger partial charge in [-0.05, 0) is 44.9 Å². The molecule has 0 saturated carbocycles. The number of amides is 1. The highest BCUT2D eigenvalue weighted by atomic mass is 16.8. The van der Waals surface area contributed by atoms with Crippen molar-refractivity contribution in [1.82, 2.24) is 5.32 Å². The average molecular weight is 964 g/mol. The minimum Gasteiger partial charge on any atom is -0.394 e. The van der Waals surface area contributed by atoms with Gasteiger partial charge in [0.2, 0.25) is 5.91 Å². The Morgan fingerprint density at radius 2 is 0.955 bits per heavy atom. The molecular weight excluding hydrogens is 879 g/mol. The van der Waals surface area contributed by atoms with Crippen LogP contribution in [0.15, 0.2) is 36.5 Å². The zero-order valence-corrected chi connectivity index (χ0v) is 39.6. The Labute approximate surface area is 396 Å². The van der Waals surface area contributed by atoms with E-state index in [1.54, 1.807) is 6.08 Å². The van der Waals surface area contributed by atoms with Crippen LogP contribution in [0, 0.1) is 0 Å². The van der Waals surface area contributed by atoms with Gasteiger partial charge in [-0.25, -0.2) is 0 Å². The van der Waals surface area contributed by atoms with E-state index in [0.717, 1.165) is 44.9 Å².